The van der Waals surface area contributed by atoms with Crippen LogP contribution in [0.4, 0.5) is 16.2 Å². The van der Waals surface area contributed by atoms with Gasteiger partial charge in [0.1, 0.15) is 11.4 Å². The molecule has 0 spiro atoms. The van der Waals surface area contributed by atoms with E-state index >= 15 is 0 Å². The summed E-state index contributed by atoms with van der Waals surface area (Å²) in [5.74, 6) is 1.59. The molecule has 5 nitrogen and oxygen atoms in total. The monoisotopic (exact) mass is 320 g/mol. The van der Waals surface area contributed by atoms with Gasteiger partial charge in [-0.1, -0.05) is 12.8 Å². The van der Waals surface area contributed by atoms with Crippen molar-refractivity contribution in [2.45, 2.75) is 58.6 Å². The maximum atomic E-state index is 12.0. The van der Waals surface area contributed by atoms with E-state index in [-0.39, 0.29) is 0 Å². The molecule has 0 aliphatic heterocycles. The van der Waals surface area contributed by atoms with Crippen LogP contribution in [0.3, 0.4) is 0 Å². The second kappa shape index (κ2) is 7.11. The molecule has 1 unspecified atom stereocenters. The van der Waals surface area contributed by atoms with E-state index in [1.165, 1.54) is 12.8 Å². The zero-order valence-corrected chi connectivity index (χ0v) is 14.7. The molecule has 2 rings (SSSR count). The first-order chi connectivity index (χ1) is 10.8. The third kappa shape index (κ3) is 6.00. The SMILES string of the molecule is COc1ccc(NC(=O)OC(C)(C)C)c(NC(C)CC2CC2)c1. The number of benzene rings is 1. The Hall–Kier alpha value is -1.91. The highest BCUT2D eigenvalue weighted by atomic mass is 16.6. The fraction of sp³-hybridized carbons (Fsp3) is 0.611. The summed E-state index contributed by atoms with van der Waals surface area (Å²) in [6.07, 6.45) is 3.34. The molecule has 1 amide bonds. The Labute approximate surface area is 138 Å². The average Bonchev–Trinajstić information content (AvgIpc) is 3.22. The number of hydrogen-bond acceptors (Lipinski definition) is 4. The zero-order valence-electron chi connectivity index (χ0n) is 14.7. The summed E-state index contributed by atoms with van der Waals surface area (Å²) < 4.78 is 10.6. The summed E-state index contributed by atoms with van der Waals surface area (Å²) >= 11 is 0. The Kier molecular flexibility index (Phi) is 5.39. The molecule has 1 fully saturated rings. The van der Waals surface area contributed by atoms with Crippen LogP contribution in [0, 0.1) is 5.92 Å². The van der Waals surface area contributed by atoms with Crippen LogP contribution in [0.25, 0.3) is 0 Å². The van der Waals surface area contributed by atoms with Crippen molar-refractivity contribution in [3.05, 3.63) is 18.2 Å². The molecule has 1 aromatic rings. The van der Waals surface area contributed by atoms with Gasteiger partial charge in [-0.05, 0) is 52.2 Å². The van der Waals surface area contributed by atoms with Crippen LogP contribution in [0.1, 0.15) is 47.0 Å². The molecule has 0 radical (unpaired) electrons. The molecule has 0 saturated heterocycles. The van der Waals surface area contributed by atoms with Gasteiger partial charge in [0.2, 0.25) is 0 Å². The van der Waals surface area contributed by atoms with Crippen LogP contribution in [-0.2, 0) is 4.74 Å². The lowest BCUT2D eigenvalue weighted by Gasteiger charge is -2.22. The minimum absolute atomic E-state index is 0.341. The first-order valence-electron chi connectivity index (χ1n) is 8.21. The van der Waals surface area contributed by atoms with E-state index in [1.807, 2.05) is 39.0 Å². The maximum absolute atomic E-state index is 12.0. The molecule has 1 saturated carbocycles. The number of anilines is 2. The zero-order chi connectivity index (χ0) is 17.0. The van der Waals surface area contributed by atoms with Crippen molar-refractivity contribution in [3.8, 4) is 5.75 Å². The highest BCUT2D eigenvalue weighted by Crippen LogP contribution is 2.35. The number of carbonyl (C=O) groups excluding carboxylic acids is 1. The van der Waals surface area contributed by atoms with E-state index in [4.69, 9.17) is 9.47 Å². The average molecular weight is 320 g/mol. The van der Waals surface area contributed by atoms with Crippen molar-refractivity contribution in [2.75, 3.05) is 17.7 Å². The smallest absolute Gasteiger partial charge is 0.412 e. The number of nitrogens with one attached hydrogen (secondary N) is 2. The van der Waals surface area contributed by atoms with Crippen molar-refractivity contribution in [1.82, 2.24) is 0 Å². The lowest BCUT2D eigenvalue weighted by atomic mass is 10.1. The highest BCUT2D eigenvalue weighted by molar-refractivity contribution is 5.90. The van der Waals surface area contributed by atoms with E-state index in [0.29, 0.717) is 11.7 Å². The van der Waals surface area contributed by atoms with Crippen LogP contribution < -0.4 is 15.4 Å². The van der Waals surface area contributed by atoms with E-state index in [9.17, 15) is 4.79 Å². The first-order valence-corrected chi connectivity index (χ1v) is 8.21. The summed E-state index contributed by atoms with van der Waals surface area (Å²) in [6.45, 7) is 7.70. The lowest BCUT2D eigenvalue weighted by molar-refractivity contribution is 0.0636. The van der Waals surface area contributed by atoms with Crippen LogP contribution in [0.5, 0.6) is 5.75 Å². The molecule has 1 aromatic carbocycles. The Morgan fingerprint density at radius 2 is 2.00 bits per heavy atom. The molecular formula is C18H28N2O3. The number of ether oxygens (including phenoxy) is 2. The van der Waals surface area contributed by atoms with Crippen LogP contribution in [0.15, 0.2) is 18.2 Å². The van der Waals surface area contributed by atoms with Gasteiger partial charge < -0.3 is 14.8 Å². The van der Waals surface area contributed by atoms with Gasteiger partial charge in [0.15, 0.2) is 0 Å². The number of hydrogen-bond donors (Lipinski definition) is 2. The quantitative estimate of drug-likeness (QED) is 0.801. The summed E-state index contributed by atoms with van der Waals surface area (Å²) in [5, 5.41) is 6.29. The van der Waals surface area contributed by atoms with Gasteiger partial charge in [-0.25, -0.2) is 4.79 Å². The second-order valence-corrected chi connectivity index (χ2v) is 7.26. The molecule has 1 aliphatic rings. The summed E-state index contributed by atoms with van der Waals surface area (Å²) in [4.78, 5) is 12.0. The van der Waals surface area contributed by atoms with Gasteiger partial charge in [0.05, 0.1) is 18.5 Å². The van der Waals surface area contributed by atoms with Crippen LogP contribution in [0.2, 0.25) is 0 Å². The Balaban J connectivity index is 2.08. The van der Waals surface area contributed by atoms with Gasteiger partial charge in [0, 0.05) is 12.1 Å². The molecule has 5 heteroatoms. The third-order valence-electron chi connectivity index (χ3n) is 3.65. The Morgan fingerprint density at radius 1 is 1.30 bits per heavy atom. The van der Waals surface area contributed by atoms with Crippen molar-refractivity contribution in [1.29, 1.82) is 0 Å². The predicted octanol–water partition coefficient (Wildman–Crippen LogP) is 4.64. The van der Waals surface area contributed by atoms with E-state index in [0.717, 1.165) is 23.8 Å². The maximum Gasteiger partial charge on any atom is 0.412 e. The van der Waals surface area contributed by atoms with Gasteiger partial charge >= 0.3 is 6.09 Å². The first kappa shape index (κ1) is 17.4. The molecule has 1 aliphatic carbocycles. The van der Waals surface area contributed by atoms with Crippen molar-refractivity contribution >= 4 is 17.5 Å². The number of amides is 1. The van der Waals surface area contributed by atoms with Gasteiger partial charge in [0.25, 0.3) is 0 Å². The van der Waals surface area contributed by atoms with Crippen molar-refractivity contribution in [3.63, 3.8) is 0 Å². The molecule has 1 atom stereocenters. The van der Waals surface area contributed by atoms with Crippen LogP contribution >= 0.6 is 0 Å². The summed E-state index contributed by atoms with van der Waals surface area (Å²) in [7, 11) is 1.63. The standard InChI is InChI=1S/C18H28N2O3/c1-12(10-13-6-7-13)19-16-11-14(22-5)8-9-15(16)20-17(21)23-18(2,3)4/h8-9,11-13,19H,6-7,10H2,1-5H3,(H,20,21). The summed E-state index contributed by atoms with van der Waals surface area (Å²) in [5.41, 5.74) is 1.02. The van der Waals surface area contributed by atoms with Gasteiger partial charge in [-0.2, -0.15) is 0 Å². The van der Waals surface area contributed by atoms with Crippen LogP contribution in [-0.4, -0.2) is 24.8 Å². The van der Waals surface area contributed by atoms with E-state index in [2.05, 4.69) is 17.6 Å². The molecule has 2 N–H and O–H groups in total. The van der Waals surface area contributed by atoms with Gasteiger partial charge in [-0.15, -0.1) is 0 Å². The topological polar surface area (TPSA) is 59.6 Å². The minimum atomic E-state index is -0.524. The number of carbonyl (C=O) groups is 1. The molecule has 23 heavy (non-hydrogen) atoms. The fourth-order valence-corrected chi connectivity index (χ4v) is 2.47. The number of methoxy groups -OCH3 is 1. The molecule has 0 heterocycles. The van der Waals surface area contributed by atoms with Crippen molar-refractivity contribution < 1.29 is 14.3 Å². The molecular weight excluding hydrogens is 292 g/mol. The second-order valence-electron chi connectivity index (χ2n) is 7.26. The Morgan fingerprint density at radius 3 is 2.57 bits per heavy atom. The lowest BCUT2D eigenvalue weighted by Crippen LogP contribution is -2.27. The Bertz CT molecular complexity index is 548. The van der Waals surface area contributed by atoms with E-state index < -0.39 is 11.7 Å². The third-order valence-corrected chi connectivity index (χ3v) is 3.65. The fourth-order valence-electron chi connectivity index (χ4n) is 2.47. The van der Waals surface area contributed by atoms with Gasteiger partial charge in [-0.3, -0.25) is 5.32 Å². The largest absolute Gasteiger partial charge is 0.497 e. The molecule has 0 aromatic heterocycles. The normalized spacial score (nSPS) is 15.7. The molecule has 0 bridgehead atoms. The van der Waals surface area contributed by atoms with Crippen molar-refractivity contribution in [2.24, 2.45) is 5.92 Å². The highest BCUT2D eigenvalue weighted by Gasteiger charge is 2.24. The van der Waals surface area contributed by atoms with E-state index in [1.54, 1.807) is 7.11 Å². The number of rotatable bonds is 6. The minimum Gasteiger partial charge on any atom is -0.497 e. The molecule has 128 valence electrons. The summed E-state index contributed by atoms with van der Waals surface area (Å²) in [6, 6.07) is 5.89. The predicted molar refractivity (Wildman–Crippen MR) is 93.3 cm³/mol.